The summed E-state index contributed by atoms with van der Waals surface area (Å²) in [5.74, 6) is -0.860. The van der Waals surface area contributed by atoms with Crippen LogP contribution in [-0.4, -0.2) is 208 Å². The maximum Gasteiger partial charge on any atom is 0.333 e. The van der Waals surface area contributed by atoms with E-state index < -0.39 is 70.6 Å². The van der Waals surface area contributed by atoms with E-state index in [1.165, 1.54) is 24.2 Å². The van der Waals surface area contributed by atoms with E-state index in [0.717, 1.165) is 25.7 Å². The number of hydrogen-bond donors (Lipinski definition) is 6. The number of carbonyl (C=O) groups is 2. The fourth-order valence-electron chi connectivity index (χ4n) is 7.62. The summed E-state index contributed by atoms with van der Waals surface area (Å²) >= 11 is 0. The molecule has 0 aliphatic rings. The Hall–Kier alpha value is -1.27. The first kappa shape index (κ1) is 87.0. The molecule has 22 heteroatoms. The zero-order valence-corrected chi connectivity index (χ0v) is 56.0. The van der Waals surface area contributed by atoms with Crippen LogP contribution in [0.5, 0.6) is 0 Å². The number of hydrogen-bond acceptors (Lipinski definition) is 18. The van der Waals surface area contributed by atoms with Gasteiger partial charge in [0.15, 0.2) is 18.1 Å². The van der Waals surface area contributed by atoms with Gasteiger partial charge in [-0.15, -0.1) is 0 Å². The molecule has 0 amide bonds. The molecule has 0 radical (unpaired) electrons. The summed E-state index contributed by atoms with van der Waals surface area (Å²) in [6.45, 7) is 51.2. The van der Waals surface area contributed by atoms with Crippen molar-refractivity contribution in [1.82, 2.24) is 0 Å². The topological polar surface area (TPSA) is 259 Å². The summed E-state index contributed by atoms with van der Waals surface area (Å²) in [5, 5.41) is 37.4. The molecule has 0 rings (SSSR count). The summed E-state index contributed by atoms with van der Waals surface area (Å²) in [5.41, 5.74) is 11.4. The number of carbonyl (C=O) groups excluding carboxylic acids is 2. The van der Waals surface area contributed by atoms with E-state index in [1.807, 2.05) is 27.7 Å². The number of nitrogens with two attached hydrogens (primary N) is 2. The summed E-state index contributed by atoms with van der Waals surface area (Å²) in [7, 11) is -4.48. The fourth-order valence-corrected chi connectivity index (χ4v) is 18.0. The molecule has 0 aromatic carbocycles. The van der Waals surface area contributed by atoms with Crippen LogP contribution in [0.25, 0.3) is 0 Å². The van der Waals surface area contributed by atoms with E-state index >= 15 is 0 Å². The highest BCUT2D eigenvalue weighted by Crippen LogP contribution is 2.29. The Morgan fingerprint density at radius 1 is 0.506 bits per heavy atom. The number of aliphatic hydroxyl groups is 4. The average molecular weight is 1180 g/mol. The van der Waals surface area contributed by atoms with Gasteiger partial charge >= 0.3 is 11.9 Å². The third-order valence-electron chi connectivity index (χ3n) is 9.92. The minimum atomic E-state index is -1.26. The highest BCUT2D eigenvalue weighted by atomic mass is 28.3. The average Bonchev–Trinajstić information content (AvgIpc) is 3.30. The Balaban J connectivity index is -0.000000215. The normalized spacial score (nSPS) is 13.2. The van der Waals surface area contributed by atoms with Crippen molar-refractivity contribution in [2.45, 2.75) is 215 Å². The molecular weight excluding hydrogens is 1060 g/mol. The predicted octanol–water partition coefficient (Wildman–Crippen LogP) is 7.88. The van der Waals surface area contributed by atoms with Gasteiger partial charge in [-0.3, -0.25) is 0 Å². The van der Waals surface area contributed by atoms with Gasteiger partial charge in [-0.05, 0) is 106 Å². The molecule has 0 aromatic heterocycles. The molecule has 0 fully saturated rings. The lowest BCUT2D eigenvalue weighted by molar-refractivity contribution is -0.141. The largest absolute Gasteiger partial charge is 0.460 e. The van der Waals surface area contributed by atoms with Crippen LogP contribution in [0, 0.1) is 0 Å². The summed E-state index contributed by atoms with van der Waals surface area (Å²) in [6.07, 6.45) is 1.63. The Labute approximate surface area is 476 Å². The zero-order chi connectivity index (χ0) is 59.8. The van der Waals surface area contributed by atoms with Gasteiger partial charge in [0.05, 0.1) is 81.2 Å². The second-order valence-electron chi connectivity index (χ2n) is 22.1. The van der Waals surface area contributed by atoms with Crippen LogP contribution in [-0.2, 0) is 56.3 Å². The minimum absolute atomic E-state index is 0. The molecule has 0 bridgehead atoms. The molecule has 0 saturated heterocycles. The van der Waals surface area contributed by atoms with Crippen LogP contribution in [0.2, 0.25) is 76.6 Å². The lowest BCUT2D eigenvalue weighted by atomic mass is 10.2. The highest BCUT2D eigenvalue weighted by Gasteiger charge is 2.32. The first-order chi connectivity index (χ1) is 35.3. The maximum absolute atomic E-state index is 11.0. The van der Waals surface area contributed by atoms with Crippen molar-refractivity contribution in [1.29, 1.82) is 0 Å². The van der Waals surface area contributed by atoms with Crippen LogP contribution >= 0.6 is 0 Å². The Kier molecular flexibility index (Phi) is 61.0. The lowest BCUT2D eigenvalue weighted by Gasteiger charge is -2.35. The van der Waals surface area contributed by atoms with Crippen LogP contribution < -0.4 is 11.5 Å². The third-order valence-corrected chi connectivity index (χ3v) is 19.2. The summed E-state index contributed by atoms with van der Waals surface area (Å²) in [4.78, 5) is 21.9. The van der Waals surface area contributed by atoms with Crippen molar-refractivity contribution in [3.05, 3.63) is 24.3 Å². The number of aliphatic hydroxyl groups excluding tert-OH is 4. The van der Waals surface area contributed by atoms with E-state index in [9.17, 15) is 30.0 Å². The van der Waals surface area contributed by atoms with E-state index in [-0.39, 0.29) is 84.6 Å². The van der Waals surface area contributed by atoms with Gasteiger partial charge < -0.3 is 78.6 Å². The van der Waals surface area contributed by atoms with Gasteiger partial charge in [0.1, 0.15) is 25.4 Å². The van der Waals surface area contributed by atoms with Gasteiger partial charge in [-0.1, -0.05) is 86.6 Å². The molecule has 0 aliphatic heterocycles. The summed E-state index contributed by atoms with van der Waals surface area (Å²) in [6, 6.07) is 4.85. The van der Waals surface area contributed by atoms with Gasteiger partial charge in [0.25, 0.3) is 0 Å². The van der Waals surface area contributed by atoms with Crippen molar-refractivity contribution in [2.75, 3.05) is 106 Å². The first-order valence-corrected chi connectivity index (χ1v) is 40.3. The third kappa shape index (κ3) is 67.1. The number of ether oxygens (including phenoxy) is 8. The molecule has 0 aliphatic carbocycles. The lowest BCUT2D eigenvalue weighted by Crippen LogP contribution is -2.40. The van der Waals surface area contributed by atoms with Crippen molar-refractivity contribution in [3.63, 3.8) is 0 Å². The van der Waals surface area contributed by atoms with Crippen molar-refractivity contribution in [2.24, 2.45) is 11.5 Å². The molecule has 4 unspecified atom stereocenters. The Morgan fingerprint density at radius 2 is 0.766 bits per heavy atom. The minimum Gasteiger partial charge on any atom is -0.460 e. The second-order valence-corrected chi connectivity index (χ2v) is 37.1. The quantitative estimate of drug-likeness (QED) is 0.0147. The van der Waals surface area contributed by atoms with Crippen LogP contribution in [0.15, 0.2) is 24.3 Å². The molecule has 466 valence electrons. The smallest absolute Gasteiger partial charge is 0.333 e. The SMILES string of the molecule is C.C=C(C)C(=O)OCCOCC(O)COCCC.C=C(C)C(=O)OCCOCC(O)COCCC.CC.C[SiH](C)OC(C)(C)C[Si](C)(C)CCCOCC(O)CN.C[SiH](C)OC(C)(C)C[Si](C)(C)CCCOCC(O)CN. The van der Waals surface area contributed by atoms with Gasteiger partial charge in [-0.25, -0.2) is 9.59 Å². The zero-order valence-electron chi connectivity index (χ0n) is 51.7. The highest BCUT2D eigenvalue weighted by molar-refractivity contribution is 6.78. The monoisotopic (exact) mass is 1180 g/mol. The standard InChI is InChI=1S/2C14H35NO3Si2.2C12H22O5.C2H6.CH4/c2*1-14(2,18-19(3)4)12-20(5,6)9-7-8-17-11-13(16)10-15;2*1-4-5-15-8-11(13)9-16-6-7-17-12(14)10(2)3;1-2;/h2*13,16,19H,7-12,15H2,1-6H3;2*11,13H,2,4-9H2,1,3H3;1-2H3;1H4. The number of rotatable bonds is 42. The summed E-state index contributed by atoms with van der Waals surface area (Å²) < 4.78 is 53.3. The van der Waals surface area contributed by atoms with E-state index in [4.69, 9.17) is 58.2 Å². The Morgan fingerprint density at radius 3 is 1.01 bits per heavy atom. The predicted molar refractivity (Wildman–Crippen MR) is 329 cm³/mol. The second kappa shape index (κ2) is 54.0. The molecule has 18 nitrogen and oxygen atoms in total. The van der Waals surface area contributed by atoms with Crippen molar-refractivity contribution in [3.8, 4) is 0 Å². The van der Waals surface area contributed by atoms with Gasteiger partial charge in [-0.2, -0.15) is 0 Å². The maximum atomic E-state index is 11.0. The van der Waals surface area contributed by atoms with E-state index in [1.54, 1.807) is 13.8 Å². The van der Waals surface area contributed by atoms with Crippen LogP contribution in [0.1, 0.15) is 102 Å². The number of esters is 2. The molecule has 77 heavy (non-hydrogen) atoms. The Bertz CT molecular complexity index is 1280. The molecular formula is C55H124N2O16Si4. The molecule has 0 spiro atoms. The molecule has 0 saturated carbocycles. The van der Waals surface area contributed by atoms with Gasteiger partial charge in [0.2, 0.25) is 0 Å². The molecule has 4 atom stereocenters. The van der Waals surface area contributed by atoms with Crippen molar-refractivity contribution < 1.29 is 76.8 Å². The first-order valence-electron chi connectivity index (χ1n) is 27.9. The van der Waals surface area contributed by atoms with Crippen LogP contribution in [0.4, 0.5) is 0 Å². The molecule has 0 aromatic rings. The fraction of sp³-hybridized carbons (Fsp3) is 0.891. The van der Waals surface area contributed by atoms with E-state index in [0.29, 0.717) is 50.8 Å². The van der Waals surface area contributed by atoms with E-state index in [2.05, 4.69) is 93.2 Å². The molecule has 8 N–H and O–H groups in total. The van der Waals surface area contributed by atoms with Crippen molar-refractivity contribution >= 4 is 46.2 Å². The van der Waals surface area contributed by atoms with Gasteiger partial charge in [0, 0.05) is 61.9 Å². The van der Waals surface area contributed by atoms with Crippen LogP contribution in [0.3, 0.4) is 0 Å². The molecule has 0 heterocycles.